The Kier molecular flexibility index (Phi) is 3.55. The van der Waals surface area contributed by atoms with Crippen molar-refractivity contribution in [2.75, 3.05) is 0 Å². The Balaban J connectivity index is 2.36. The molecule has 0 radical (unpaired) electrons. The van der Waals surface area contributed by atoms with Crippen LogP contribution in [-0.2, 0) is 6.42 Å². The molecule has 0 aromatic heterocycles. The summed E-state index contributed by atoms with van der Waals surface area (Å²) < 4.78 is 0. The first kappa shape index (κ1) is 14.1. The van der Waals surface area contributed by atoms with Crippen LogP contribution in [0.5, 0.6) is 11.5 Å². The van der Waals surface area contributed by atoms with Crippen molar-refractivity contribution in [3.63, 3.8) is 0 Å². The number of carbonyl (C=O) groups excluding carboxylic acids is 1. The number of ketones is 1. The molecule has 0 unspecified atom stereocenters. The number of benzene rings is 3. The highest BCUT2D eigenvalue weighted by Gasteiger charge is 2.22. The topological polar surface area (TPSA) is 57.5 Å². The number of hydrogen-bond acceptors (Lipinski definition) is 3. The summed E-state index contributed by atoms with van der Waals surface area (Å²) in [5, 5.41) is 22.0. The first-order chi connectivity index (χ1) is 10.6. The average molecular weight is 292 g/mol. The smallest absolute Gasteiger partial charge is 0.197 e. The highest BCUT2D eigenvalue weighted by molar-refractivity contribution is 6.19. The lowest BCUT2D eigenvalue weighted by Gasteiger charge is -2.14. The largest absolute Gasteiger partial charge is 0.507 e. The van der Waals surface area contributed by atoms with Crippen LogP contribution in [0.3, 0.4) is 0 Å². The van der Waals surface area contributed by atoms with Gasteiger partial charge in [-0.15, -0.1) is 0 Å². The molecule has 0 bridgehead atoms. The normalized spacial score (nSPS) is 10.8. The maximum absolute atomic E-state index is 12.8. The highest BCUT2D eigenvalue weighted by Crippen LogP contribution is 2.40. The summed E-state index contributed by atoms with van der Waals surface area (Å²) in [5.74, 6) is -0.336. The standard InChI is InChI=1S/C19H16O3/c1-2-13-18(21)15-11-7-6-10-14(15)16(19(13)22)17(20)12-8-4-3-5-9-12/h3-11,21-22H,2H2,1H3. The summed E-state index contributed by atoms with van der Waals surface area (Å²) in [4.78, 5) is 12.8. The first-order valence-corrected chi connectivity index (χ1v) is 7.20. The molecule has 0 fully saturated rings. The monoisotopic (exact) mass is 292 g/mol. The molecule has 0 aliphatic rings. The van der Waals surface area contributed by atoms with Crippen molar-refractivity contribution in [2.24, 2.45) is 0 Å². The third kappa shape index (κ3) is 2.11. The molecule has 0 saturated carbocycles. The lowest BCUT2D eigenvalue weighted by molar-refractivity contribution is 0.103. The van der Waals surface area contributed by atoms with Gasteiger partial charge in [0.2, 0.25) is 0 Å². The van der Waals surface area contributed by atoms with Crippen molar-refractivity contribution in [3.8, 4) is 11.5 Å². The van der Waals surface area contributed by atoms with E-state index in [-0.39, 0.29) is 22.8 Å². The summed E-state index contributed by atoms with van der Waals surface area (Å²) in [6.07, 6.45) is 0.442. The van der Waals surface area contributed by atoms with Crippen LogP contribution in [0.1, 0.15) is 28.4 Å². The predicted molar refractivity (Wildman–Crippen MR) is 86.5 cm³/mol. The van der Waals surface area contributed by atoms with E-state index in [1.165, 1.54) is 0 Å². The summed E-state index contributed by atoms with van der Waals surface area (Å²) >= 11 is 0. The van der Waals surface area contributed by atoms with E-state index < -0.39 is 0 Å². The van der Waals surface area contributed by atoms with E-state index in [9.17, 15) is 15.0 Å². The lowest BCUT2D eigenvalue weighted by Crippen LogP contribution is -2.04. The second-order valence-corrected chi connectivity index (χ2v) is 5.15. The zero-order valence-electron chi connectivity index (χ0n) is 12.2. The molecule has 0 spiro atoms. The molecular weight excluding hydrogens is 276 g/mol. The fraction of sp³-hybridized carbons (Fsp3) is 0.105. The molecule has 0 heterocycles. The molecule has 0 aliphatic carbocycles. The van der Waals surface area contributed by atoms with E-state index in [1.54, 1.807) is 48.5 Å². The number of carbonyl (C=O) groups is 1. The summed E-state index contributed by atoms with van der Waals surface area (Å²) in [6.45, 7) is 1.83. The molecule has 22 heavy (non-hydrogen) atoms. The Morgan fingerprint density at radius 1 is 0.864 bits per heavy atom. The van der Waals surface area contributed by atoms with Crippen LogP contribution in [0.4, 0.5) is 0 Å². The molecule has 0 saturated heterocycles. The van der Waals surface area contributed by atoms with Gasteiger partial charge in [-0.05, 0) is 6.42 Å². The van der Waals surface area contributed by atoms with Crippen molar-refractivity contribution >= 4 is 16.6 Å². The Morgan fingerprint density at radius 2 is 1.45 bits per heavy atom. The minimum absolute atomic E-state index is 0.0419. The van der Waals surface area contributed by atoms with Gasteiger partial charge in [-0.1, -0.05) is 61.5 Å². The van der Waals surface area contributed by atoms with Gasteiger partial charge in [0.25, 0.3) is 0 Å². The van der Waals surface area contributed by atoms with E-state index in [4.69, 9.17) is 0 Å². The summed E-state index contributed by atoms with van der Waals surface area (Å²) in [5.41, 5.74) is 1.16. The van der Waals surface area contributed by atoms with Crippen LogP contribution < -0.4 is 0 Å². The minimum Gasteiger partial charge on any atom is -0.507 e. The van der Waals surface area contributed by atoms with Gasteiger partial charge in [0, 0.05) is 21.9 Å². The molecule has 3 rings (SSSR count). The van der Waals surface area contributed by atoms with E-state index in [2.05, 4.69) is 0 Å². The van der Waals surface area contributed by atoms with Gasteiger partial charge in [-0.2, -0.15) is 0 Å². The zero-order valence-corrected chi connectivity index (χ0v) is 12.2. The molecule has 0 atom stereocenters. The Bertz CT molecular complexity index is 851. The van der Waals surface area contributed by atoms with Crippen molar-refractivity contribution < 1.29 is 15.0 Å². The van der Waals surface area contributed by atoms with Gasteiger partial charge < -0.3 is 10.2 Å². The quantitative estimate of drug-likeness (QED) is 0.716. The van der Waals surface area contributed by atoms with E-state index >= 15 is 0 Å². The second kappa shape index (κ2) is 5.53. The number of phenols is 2. The van der Waals surface area contributed by atoms with E-state index in [0.29, 0.717) is 28.3 Å². The van der Waals surface area contributed by atoms with Gasteiger partial charge in [0.05, 0.1) is 5.56 Å². The molecular formula is C19H16O3. The number of fused-ring (bicyclic) bond motifs is 1. The van der Waals surface area contributed by atoms with E-state index in [1.807, 2.05) is 13.0 Å². The Labute approximate surface area is 128 Å². The maximum atomic E-state index is 12.8. The molecule has 3 aromatic carbocycles. The van der Waals surface area contributed by atoms with Crippen LogP contribution in [0.2, 0.25) is 0 Å². The average Bonchev–Trinajstić information content (AvgIpc) is 2.56. The molecule has 0 amide bonds. The number of hydrogen-bond donors (Lipinski definition) is 2. The fourth-order valence-electron chi connectivity index (χ4n) is 2.76. The second-order valence-electron chi connectivity index (χ2n) is 5.15. The van der Waals surface area contributed by atoms with Gasteiger partial charge in [-0.3, -0.25) is 4.79 Å². The number of aromatic hydroxyl groups is 2. The van der Waals surface area contributed by atoms with Gasteiger partial charge >= 0.3 is 0 Å². The summed E-state index contributed by atoms with van der Waals surface area (Å²) in [6, 6.07) is 15.9. The Hall–Kier alpha value is -2.81. The zero-order chi connectivity index (χ0) is 15.7. The van der Waals surface area contributed by atoms with Gasteiger partial charge in [0.15, 0.2) is 5.78 Å². The number of rotatable bonds is 3. The molecule has 3 aromatic rings. The summed E-state index contributed by atoms with van der Waals surface area (Å²) in [7, 11) is 0. The van der Waals surface area contributed by atoms with E-state index in [0.717, 1.165) is 0 Å². The number of phenolic OH excluding ortho intramolecular Hbond substituents is 2. The van der Waals surface area contributed by atoms with Crippen molar-refractivity contribution in [1.82, 2.24) is 0 Å². The van der Waals surface area contributed by atoms with Crippen LogP contribution in [0.25, 0.3) is 10.8 Å². The molecule has 2 N–H and O–H groups in total. The minimum atomic E-state index is -0.246. The van der Waals surface area contributed by atoms with Gasteiger partial charge in [0.1, 0.15) is 11.5 Å². The molecule has 3 heteroatoms. The fourth-order valence-corrected chi connectivity index (χ4v) is 2.76. The SMILES string of the molecule is CCc1c(O)c(C(=O)c2ccccc2)c2ccccc2c1O. The molecule has 3 nitrogen and oxygen atoms in total. The third-order valence-electron chi connectivity index (χ3n) is 3.88. The predicted octanol–water partition coefficient (Wildman–Crippen LogP) is 4.04. The molecule has 110 valence electrons. The highest BCUT2D eigenvalue weighted by atomic mass is 16.3. The lowest BCUT2D eigenvalue weighted by atomic mass is 9.92. The van der Waals surface area contributed by atoms with Gasteiger partial charge in [-0.25, -0.2) is 0 Å². The van der Waals surface area contributed by atoms with Crippen molar-refractivity contribution in [1.29, 1.82) is 0 Å². The third-order valence-corrected chi connectivity index (χ3v) is 3.88. The first-order valence-electron chi connectivity index (χ1n) is 7.20. The van der Waals surface area contributed by atoms with Crippen molar-refractivity contribution in [3.05, 3.63) is 71.3 Å². The van der Waals surface area contributed by atoms with Crippen LogP contribution in [0, 0.1) is 0 Å². The Morgan fingerprint density at radius 3 is 2.09 bits per heavy atom. The maximum Gasteiger partial charge on any atom is 0.197 e. The molecule has 0 aliphatic heterocycles. The van der Waals surface area contributed by atoms with Crippen LogP contribution in [0.15, 0.2) is 54.6 Å². The van der Waals surface area contributed by atoms with Crippen LogP contribution >= 0.6 is 0 Å². The van der Waals surface area contributed by atoms with Crippen molar-refractivity contribution in [2.45, 2.75) is 13.3 Å². The van der Waals surface area contributed by atoms with Crippen LogP contribution in [-0.4, -0.2) is 16.0 Å².